The van der Waals surface area contributed by atoms with Crippen LogP contribution in [-0.2, 0) is 0 Å². The number of carboxylic acids is 1. The lowest BCUT2D eigenvalue weighted by atomic mass is 9.98. The lowest BCUT2D eigenvalue weighted by Gasteiger charge is -2.09. The van der Waals surface area contributed by atoms with Crippen LogP contribution in [0.5, 0.6) is 0 Å². The summed E-state index contributed by atoms with van der Waals surface area (Å²) < 4.78 is 0. The van der Waals surface area contributed by atoms with Crippen LogP contribution in [0.15, 0.2) is 36.4 Å². The third kappa shape index (κ3) is 2.31. The summed E-state index contributed by atoms with van der Waals surface area (Å²) in [4.78, 5) is 11.1. The Balaban J connectivity index is 2.63. The minimum Gasteiger partial charge on any atom is -0.478 e. The van der Waals surface area contributed by atoms with E-state index in [-0.39, 0.29) is 5.56 Å². The Kier molecular flexibility index (Phi) is 3.26. The number of carboxylic acid groups (broad SMARTS) is 1. The first-order chi connectivity index (χ1) is 8.49. The summed E-state index contributed by atoms with van der Waals surface area (Å²) in [6.45, 7) is 1.79. The van der Waals surface area contributed by atoms with Crippen LogP contribution < -0.4 is 5.73 Å². The van der Waals surface area contributed by atoms with Crippen molar-refractivity contribution in [3.63, 3.8) is 0 Å². The Hall–Kier alpha value is -2.00. The maximum Gasteiger partial charge on any atom is 0.337 e. The fourth-order valence-electron chi connectivity index (χ4n) is 1.81. The molecular formula is C14H12ClNO2. The number of halogens is 1. The number of aryl methyl sites for hydroxylation is 1. The SMILES string of the molecule is Cc1cc(-c2cccc(Cl)c2)cc(C(=O)O)c1N. The second kappa shape index (κ2) is 4.70. The Morgan fingerprint density at radius 2 is 1.94 bits per heavy atom. The number of hydrogen-bond acceptors (Lipinski definition) is 2. The summed E-state index contributed by atoms with van der Waals surface area (Å²) >= 11 is 5.93. The molecule has 0 fully saturated rings. The quantitative estimate of drug-likeness (QED) is 0.812. The molecule has 0 amide bonds. The summed E-state index contributed by atoms with van der Waals surface area (Å²) in [5, 5.41) is 9.72. The van der Waals surface area contributed by atoms with Crippen molar-refractivity contribution < 1.29 is 9.90 Å². The Morgan fingerprint density at radius 3 is 2.56 bits per heavy atom. The molecule has 2 rings (SSSR count). The van der Waals surface area contributed by atoms with Gasteiger partial charge in [-0.3, -0.25) is 0 Å². The minimum atomic E-state index is -1.03. The molecule has 0 saturated carbocycles. The zero-order valence-electron chi connectivity index (χ0n) is 9.77. The fraction of sp³-hybridized carbons (Fsp3) is 0.0714. The number of hydrogen-bond donors (Lipinski definition) is 2. The third-order valence-corrected chi connectivity index (χ3v) is 3.01. The van der Waals surface area contributed by atoms with Crippen molar-refractivity contribution in [1.29, 1.82) is 0 Å². The van der Waals surface area contributed by atoms with Crippen molar-refractivity contribution in [3.05, 3.63) is 52.5 Å². The second-order valence-corrected chi connectivity index (χ2v) is 4.51. The molecule has 0 bridgehead atoms. The maximum absolute atomic E-state index is 11.1. The molecule has 0 aliphatic heterocycles. The molecule has 0 atom stereocenters. The number of aromatic carboxylic acids is 1. The Morgan fingerprint density at radius 1 is 1.22 bits per heavy atom. The van der Waals surface area contributed by atoms with Gasteiger partial charge in [0.2, 0.25) is 0 Å². The molecule has 2 aromatic rings. The van der Waals surface area contributed by atoms with Crippen molar-refractivity contribution in [2.75, 3.05) is 5.73 Å². The number of benzene rings is 2. The summed E-state index contributed by atoms with van der Waals surface area (Å²) in [5.41, 5.74) is 8.57. The van der Waals surface area contributed by atoms with Crippen LogP contribution in [0.2, 0.25) is 5.02 Å². The zero-order chi connectivity index (χ0) is 13.3. The van der Waals surface area contributed by atoms with E-state index in [0.717, 1.165) is 16.7 Å². The maximum atomic E-state index is 11.1. The van der Waals surface area contributed by atoms with E-state index in [1.165, 1.54) is 0 Å². The molecular weight excluding hydrogens is 250 g/mol. The molecule has 0 unspecified atom stereocenters. The molecule has 92 valence electrons. The van der Waals surface area contributed by atoms with Crippen LogP contribution in [0.4, 0.5) is 5.69 Å². The van der Waals surface area contributed by atoms with E-state index in [1.54, 1.807) is 25.1 Å². The van der Waals surface area contributed by atoms with Gasteiger partial charge in [0.05, 0.1) is 5.56 Å². The van der Waals surface area contributed by atoms with E-state index in [0.29, 0.717) is 10.7 Å². The first-order valence-electron chi connectivity index (χ1n) is 5.38. The van der Waals surface area contributed by atoms with Crippen molar-refractivity contribution in [2.24, 2.45) is 0 Å². The highest BCUT2D eigenvalue weighted by molar-refractivity contribution is 6.30. The molecule has 0 heterocycles. The largest absolute Gasteiger partial charge is 0.478 e. The molecule has 4 heteroatoms. The summed E-state index contributed by atoms with van der Waals surface area (Å²) in [5.74, 6) is -1.03. The average molecular weight is 262 g/mol. The molecule has 3 N–H and O–H groups in total. The number of carbonyl (C=O) groups is 1. The van der Waals surface area contributed by atoms with Gasteiger partial charge in [0.25, 0.3) is 0 Å². The topological polar surface area (TPSA) is 63.3 Å². The van der Waals surface area contributed by atoms with Gasteiger partial charge in [0, 0.05) is 10.7 Å². The van der Waals surface area contributed by atoms with Gasteiger partial charge in [-0.2, -0.15) is 0 Å². The van der Waals surface area contributed by atoms with Crippen LogP contribution in [0.1, 0.15) is 15.9 Å². The molecule has 0 radical (unpaired) electrons. The van der Waals surface area contributed by atoms with E-state index in [2.05, 4.69) is 0 Å². The summed E-state index contributed by atoms with van der Waals surface area (Å²) in [6, 6.07) is 10.7. The molecule has 3 nitrogen and oxygen atoms in total. The van der Waals surface area contributed by atoms with Crippen LogP contribution in [0.3, 0.4) is 0 Å². The lowest BCUT2D eigenvalue weighted by Crippen LogP contribution is -2.04. The number of nitrogens with two attached hydrogens (primary N) is 1. The van der Waals surface area contributed by atoms with Gasteiger partial charge in [-0.05, 0) is 47.9 Å². The van der Waals surface area contributed by atoms with Crippen LogP contribution in [-0.4, -0.2) is 11.1 Å². The highest BCUT2D eigenvalue weighted by atomic mass is 35.5. The highest BCUT2D eigenvalue weighted by Crippen LogP contribution is 2.28. The standard InChI is InChI=1S/C14H12ClNO2/c1-8-5-10(7-12(13(8)16)14(17)18)9-3-2-4-11(15)6-9/h2-7H,16H2,1H3,(H,17,18). The lowest BCUT2D eigenvalue weighted by molar-refractivity contribution is 0.0698. The number of rotatable bonds is 2. The molecule has 0 spiro atoms. The fourth-order valence-corrected chi connectivity index (χ4v) is 2.00. The molecule has 0 aromatic heterocycles. The van der Waals surface area contributed by atoms with Crippen LogP contribution >= 0.6 is 11.6 Å². The molecule has 2 aromatic carbocycles. The third-order valence-electron chi connectivity index (χ3n) is 2.78. The molecule has 0 aliphatic carbocycles. The van der Waals surface area contributed by atoms with Crippen molar-refractivity contribution in [1.82, 2.24) is 0 Å². The number of nitrogen functional groups attached to an aromatic ring is 1. The van der Waals surface area contributed by atoms with Gasteiger partial charge in [0.1, 0.15) is 0 Å². The van der Waals surface area contributed by atoms with Crippen LogP contribution in [0.25, 0.3) is 11.1 Å². The van der Waals surface area contributed by atoms with Gasteiger partial charge in [-0.15, -0.1) is 0 Å². The monoisotopic (exact) mass is 261 g/mol. The predicted octanol–water partition coefficient (Wildman–Crippen LogP) is 3.60. The number of anilines is 1. The van der Waals surface area contributed by atoms with Crippen molar-refractivity contribution >= 4 is 23.3 Å². The Bertz CT molecular complexity index is 623. The zero-order valence-corrected chi connectivity index (χ0v) is 10.5. The van der Waals surface area contributed by atoms with Gasteiger partial charge < -0.3 is 10.8 Å². The normalized spacial score (nSPS) is 10.3. The molecule has 0 aliphatic rings. The van der Waals surface area contributed by atoms with E-state index in [1.807, 2.05) is 18.2 Å². The van der Waals surface area contributed by atoms with E-state index in [4.69, 9.17) is 22.4 Å². The first kappa shape index (κ1) is 12.5. The van der Waals surface area contributed by atoms with E-state index >= 15 is 0 Å². The predicted molar refractivity (Wildman–Crippen MR) is 73.0 cm³/mol. The van der Waals surface area contributed by atoms with Crippen LogP contribution in [0, 0.1) is 6.92 Å². The van der Waals surface area contributed by atoms with Crippen molar-refractivity contribution in [3.8, 4) is 11.1 Å². The average Bonchev–Trinajstić information content (AvgIpc) is 2.32. The first-order valence-corrected chi connectivity index (χ1v) is 5.76. The van der Waals surface area contributed by atoms with E-state index in [9.17, 15) is 4.79 Å². The second-order valence-electron chi connectivity index (χ2n) is 4.07. The van der Waals surface area contributed by atoms with Gasteiger partial charge in [0.15, 0.2) is 0 Å². The Labute approximate surface area is 110 Å². The summed E-state index contributed by atoms with van der Waals surface area (Å²) in [7, 11) is 0. The smallest absolute Gasteiger partial charge is 0.337 e. The summed E-state index contributed by atoms with van der Waals surface area (Å²) in [6.07, 6.45) is 0. The van der Waals surface area contributed by atoms with E-state index < -0.39 is 5.97 Å². The highest BCUT2D eigenvalue weighted by Gasteiger charge is 2.12. The van der Waals surface area contributed by atoms with Crippen molar-refractivity contribution in [2.45, 2.75) is 6.92 Å². The minimum absolute atomic E-state index is 0.116. The van der Waals surface area contributed by atoms with Gasteiger partial charge in [-0.1, -0.05) is 23.7 Å². The van der Waals surface area contributed by atoms with Gasteiger partial charge >= 0.3 is 5.97 Å². The molecule has 0 saturated heterocycles. The molecule has 18 heavy (non-hydrogen) atoms. The van der Waals surface area contributed by atoms with Gasteiger partial charge in [-0.25, -0.2) is 4.79 Å².